The first-order valence-corrected chi connectivity index (χ1v) is 3.35. The second-order valence-electron chi connectivity index (χ2n) is 1.47. The first-order valence-electron chi connectivity index (χ1n) is 2.18. The van der Waals surface area contributed by atoms with Crippen LogP contribution in [-0.4, -0.2) is 20.2 Å². The Kier molecular flexibility index (Phi) is 3.04. The second kappa shape index (κ2) is 3.16. The molecule has 0 aliphatic rings. The van der Waals surface area contributed by atoms with Crippen LogP contribution in [0.2, 0.25) is 0 Å². The average Bonchev–Trinajstić information content (AvgIpc) is 1.60. The molecule has 0 spiro atoms. The highest BCUT2D eigenvalue weighted by molar-refractivity contribution is 7.80. The molecule has 0 rings (SSSR count). The quantitative estimate of drug-likeness (QED) is 0.506. The van der Waals surface area contributed by atoms with Gasteiger partial charge in [0.2, 0.25) is 0 Å². The summed E-state index contributed by atoms with van der Waals surface area (Å²) in [7, 11) is 0. The molecular formula is C4H5F3O2S. The maximum Gasteiger partial charge on any atom is 0.408 e. The lowest BCUT2D eigenvalue weighted by Gasteiger charge is -2.11. The van der Waals surface area contributed by atoms with Crippen LogP contribution < -0.4 is 0 Å². The molecule has 0 saturated heterocycles. The summed E-state index contributed by atoms with van der Waals surface area (Å²) in [6, 6.07) is 0. The largest absolute Gasteiger partial charge is 0.408 e. The Morgan fingerprint density at radius 3 is 2.00 bits per heavy atom. The normalized spacial score (nSPS) is 18.0. The van der Waals surface area contributed by atoms with E-state index in [1.54, 1.807) is 0 Å². The molecule has 6 heteroatoms. The van der Waals surface area contributed by atoms with Gasteiger partial charge in [-0.15, -0.1) is 6.58 Å². The van der Waals surface area contributed by atoms with Gasteiger partial charge >= 0.3 is 6.18 Å². The van der Waals surface area contributed by atoms with Crippen molar-refractivity contribution in [2.75, 3.05) is 0 Å². The Morgan fingerprint density at radius 1 is 1.60 bits per heavy atom. The lowest BCUT2D eigenvalue weighted by molar-refractivity contribution is -0.121. The lowest BCUT2D eigenvalue weighted by Crippen LogP contribution is -2.30. The third-order valence-electron chi connectivity index (χ3n) is 0.754. The van der Waals surface area contributed by atoms with E-state index >= 15 is 0 Å². The average molecular weight is 174 g/mol. The molecule has 0 amide bonds. The van der Waals surface area contributed by atoms with Crippen molar-refractivity contribution in [2.45, 2.75) is 11.4 Å². The molecule has 2 atom stereocenters. The standard InChI is InChI=1S/C4H5F3O2S/c1-2-3(10(8)9)4(5,6)7/h2-3H,1H2,(H,8,9). The SMILES string of the molecule is C=CC(S(=O)O)C(F)(F)F. The maximum absolute atomic E-state index is 11.5. The molecule has 0 aromatic carbocycles. The molecule has 0 radical (unpaired) electrons. The summed E-state index contributed by atoms with van der Waals surface area (Å²) in [5.41, 5.74) is 0. The van der Waals surface area contributed by atoms with Crippen LogP contribution in [0.3, 0.4) is 0 Å². The molecule has 0 aliphatic carbocycles. The zero-order valence-electron chi connectivity index (χ0n) is 4.76. The Labute approximate surface area is 58.0 Å². The lowest BCUT2D eigenvalue weighted by atomic mass is 10.4. The molecule has 0 aromatic heterocycles. The minimum atomic E-state index is -4.68. The summed E-state index contributed by atoms with van der Waals surface area (Å²) in [5, 5.41) is -2.34. The van der Waals surface area contributed by atoms with E-state index < -0.39 is 22.5 Å². The zero-order chi connectivity index (χ0) is 8.36. The molecule has 0 heterocycles. The van der Waals surface area contributed by atoms with Gasteiger partial charge in [-0.25, -0.2) is 4.21 Å². The fourth-order valence-corrected chi connectivity index (χ4v) is 0.724. The number of hydrogen-bond acceptors (Lipinski definition) is 1. The first-order chi connectivity index (χ1) is 4.39. The van der Waals surface area contributed by atoms with Gasteiger partial charge in [0, 0.05) is 0 Å². The molecule has 0 aromatic rings. The highest BCUT2D eigenvalue weighted by Crippen LogP contribution is 2.24. The molecule has 2 nitrogen and oxygen atoms in total. The monoisotopic (exact) mass is 174 g/mol. The molecule has 0 bridgehead atoms. The summed E-state index contributed by atoms with van der Waals surface area (Å²) in [6.07, 6.45) is -4.28. The third-order valence-corrected chi connectivity index (χ3v) is 1.65. The van der Waals surface area contributed by atoms with E-state index in [9.17, 15) is 17.4 Å². The Morgan fingerprint density at radius 2 is 2.00 bits per heavy atom. The van der Waals surface area contributed by atoms with Crippen LogP contribution in [0.1, 0.15) is 0 Å². The fraction of sp³-hybridized carbons (Fsp3) is 0.500. The molecule has 2 unspecified atom stereocenters. The van der Waals surface area contributed by atoms with E-state index in [1.807, 2.05) is 0 Å². The summed E-state index contributed by atoms with van der Waals surface area (Å²) in [6.45, 7) is 2.78. The Bertz CT molecular complexity index is 153. The van der Waals surface area contributed by atoms with Crippen LogP contribution in [0.25, 0.3) is 0 Å². The molecule has 10 heavy (non-hydrogen) atoms. The van der Waals surface area contributed by atoms with Crippen molar-refractivity contribution in [2.24, 2.45) is 0 Å². The molecule has 0 saturated carbocycles. The van der Waals surface area contributed by atoms with Crippen LogP contribution in [0, 0.1) is 0 Å². The predicted molar refractivity (Wildman–Crippen MR) is 30.8 cm³/mol. The van der Waals surface area contributed by atoms with Gasteiger partial charge in [-0.2, -0.15) is 13.2 Å². The van der Waals surface area contributed by atoms with Gasteiger partial charge in [0.1, 0.15) is 0 Å². The summed E-state index contributed by atoms with van der Waals surface area (Å²) >= 11 is -2.92. The number of halogens is 3. The van der Waals surface area contributed by atoms with Crippen molar-refractivity contribution < 1.29 is 21.9 Å². The summed E-state index contributed by atoms with van der Waals surface area (Å²) < 4.78 is 52.6. The van der Waals surface area contributed by atoms with Gasteiger partial charge < -0.3 is 4.55 Å². The fourth-order valence-electron chi connectivity index (χ4n) is 0.330. The first kappa shape index (κ1) is 9.64. The van der Waals surface area contributed by atoms with E-state index in [2.05, 4.69) is 6.58 Å². The molecule has 0 aliphatic heterocycles. The molecule has 60 valence electrons. The second-order valence-corrected chi connectivity index (χ2v) is 2.53. The number of rotatable bonds is 2. The molecular weight excluding hydrogens is 169 g/mol. The van der Waals surface area contributed by atoms with Crippen LogP contribution in [0.4, 0.5) is 13.2 Å². The van der Waals surface area contributed by atoms with Crippen LogP contribution in [0.5, 0.6) is 0 Å². The topological polar surface area (TPSA) is 37.3 Å². The van der Waals surface area contributed by atoms with Gasteiger partial charge in [0.15, 0.2) is 16.3 Å². The van der Waals surface area contributed by atoms with Crippen LogP contribution in [0.15, 0.2) is 12.7 Å². The van der Waals surface area contributed by atoms with Gasteiger partial charge in [0.05, 0.1) is 0 Å². The third kappa shape index (κ3) is 2.49. The van der Waals surface area contributed by atoms with Crippen molar-refractivity contribution in [1.29, 1.82) is 0 Å². The zero-order valence-corrected chi connectivity index (χ0v) is 5.58. The van der Waals surface area contributed by atoms with Gasteiger partial charge in [-0.1, -0.05) is 6.08 Å². The van der Waals surface area contributed by atoms with Gasteiger partial charge in [-0.3, -0.25) is 0 Å². The molecule has 1 N–H and O–H groups in total. The van der Waals surface area contributed by atoms with E-state index in [0.29, 0.717) is 6.08 Å². The van der Waals surface area contributed by atoms with E-state index in [-0.39, 0.29) is 0 Å². The van der Waals surface area contributed by atoms with Crippen molar-refractivity contribution in [3.05, 3.63) is 12.7 Å². The van der Waals surface area contributed by atoms with E-state index in [1.165, 1.54) is 0 Å². The van der Waals surface area contributed by atoms with Crippen molar-refractivity contribution in [3.63, 3.8) is 0 Å². The van der Waals surface area contributed by atoms with Crippen molar-refractivity contribution in [1.82, 2.24) is 0 Å². The highest BCUT2D eigenvalue weighted by Gasteiger charge is 2.41. The predicted octanol–water partition coefficient (Wildman–Crippen LogP) is 1.33. The minimum absolute atomic E-state index is 0.399. The van der Waals surface area contributed by atoms with Crippen molar-refractivity contribution in [3.8, 4) is 0 Å². The minimum Gasteiger partial charge on any atom is -0.305 e. The highest BCUT2D eigenvalue weighted by atomic mass is 32.2. The summed E-state index contributed by atoms with van der Waals surface area (Å²) in [4.78, 5) is 0. The maximum atomic E-state index is 11.5. The Hall–Kier alpha value is -0.360. The van der Waals surface area contributed by atoms with Crippen LogP contribution in [-0.2, 0) is 11.1 Å². The van der Waals surface area contributed by atoms with E-state index in [4.69, 9.17) is 4.55 Å². The van der Waals surface area contributed by atoms with Gasteiger partial charge in [-0.05, 0) is 0 Å². The number of hydrogen-bond donors (Lipinski definition) is 1. The van der Waals surface area contributed by atoms with Crippen LogP contribution >= 0.6 is 0 Å². The van der Waals surface area contributed by atoms with E-state index in [0.717, 1.165) is 0 Å². The Balaban J connectivity index is 4.36. The summed E-state index contributed by atoms with van der Waals surface area (Å²) in [5.74, 6) is 0. The van der Waals surface area contributed by atoms with Gasteiger partial charge in [0.25, 0.3) is 0 Å². The molecule has 0 fully saturated rings. The smallest absolute Gasteiger partial charge is 0.305 e. The van der Waals surface area contributed by atoms with Crippen molar-refractivity contribution >= 4 is 11.1 Å². The number of alkyl halides is 3.